The summed E-state index contributed by atoms with van der Waals surface area (Å²) in [4.78, 5) is 23.5. The van der Waals surface area contributed by atoms with Crippen molar-refractivity contribution in [1.29, 1.82) is 0 Å². The van der Waals surface area contributed by atoms with Crippen molar-refractivity contribution in [2.45, 2.75) is 37.8 Å². The molecule has 0 heterocycles. The lowest BCUT2D eigenvalue weighted by molar-refractivity contribution is -0.384. The van der Waals surface area contributed by atoms with E-state index in [1.54, 1.807) is 26.0 Å². The third-order valence-electron chi connectivity index (χ3n) is 4.90. The Balaban J connectivity index is 2.33. The number of rotatable bonds is 8. The van der Waals surface area contributed by atoms with Crippen molar-refractivity contribution >= 4 is 37.1 Å². The largest absolute Gasteiger partial charge is 0.348 e. The fraction of sp³-hybridized carbons (Fsp3) is 0.350. The predicted octanol–water partition coefficient (Wildman–Crippen LogP) is 2.34. The molecule has 0 radical (unpaired) electrons. The zero-order valence-electron chi connectivity index (χ0n) is 18.3. The average molecular weight is 484 g/mol. The van der Waals surface area contributed by atoms with Gasteiger partial charge in [-0.15, -0.1) is 0 Å². The average Bonchev–Trinajstić information content (AvgIpc) is 2.67. The van der Waals surface area contributed by atoms with E-state index in [4.69, 9.17) is 0 Å². The van der Waals surface area contributed by atoms with Gasteiger partial charge in [0.2, 0.25) is 15.9 Å². The number of nitro benzene ring substituents is 1. The number of hydrogen-bond acceptors (Lipinski definition) is 7. The molecule has 0 aliphatic heterocycles. The van der Waals surface area contributed by atoms with Crippen LogP contribution in [0.1, 0.15) is 31.0 Å². The third-order valence-corrected chi connectivity index (χ3v) is 7.25. The molecule has 0 unspecified atom stereocenters. The number of amides is 1. The molecular weight excluding hydrogens is 458 g/mol. The highest BCUT2D eigenvalue weighted by Crippen LogP contribution is 2.29. The zero-order chi connectivity index (χ0) is 24.4. The summed E-state index contributed by atoms with van der Waals surface area (Å²) in [5, 5.41) is 13.9. The first-order chi connectivity index (χ1) is 14.6. The SMILES string of the molecule is Cc1ccc([N+](=O)[O-])cc1N([C@H](C)C(=O)N[C@H](C)c1ccc(S(C)(=O)=O)cc1)S(C)(=O)=O. The van der Waals surface area contributed by atoms with Crippen LogP contribution in [0, 0.1) is 17.0 Å². The minimum Gasteiger partial charge on any atom is -0.348 e. The first-order valence-corrected chi connectivity index (χ1v) is 13.2. The number of hydrogen-bond donors (Lipinski definition) is 1. The van der Waals surface area contributed by atoms with Crippen LogP contribution in [-0.4, -0.2) is 46.2 Å². The minimum absolute atomic E-state index is 0.0366. The smallest absolute Gasteiger partial charge is 0.271 e. The quantitative estimate of drug-likeness (QED) is 0.448. The number of sulfone groups is 1. The summed E-state index contributed by atoms with van der Waals surface area (Å²) in [6.07, 6.45) is 2.01. The Morgan fingerprint density at radius 1 is 1.03 bits per heavy atom. The van der Waals surface area contributed by atoms with Gasteiger partial charge in [0.25, 0.3) is 5.69 Å². The Hall–Kier alpha value is -2.99. The van der Waals surface area contributed by atoms with Crippen molar-refractivity contribution < 1.29 is 26.6 Å². The first kappa shape index (κ1) is 25.3. The second kappa shape index (κ2) is 9.25. The van der Waals surface area contributed by atoms with Crippen LogP contribution < -0.4 is 9.62 Å². The normalized spacial score (nSPS) is 13.8. The molecule has 174 valence electrons. The molecule has 2 rings (SSSR count). The Morgan fingerprint density at radius 2 is 1.59 bits per heavy atom. The monoisotopic (exact) mass is 483 g/mol. The maximum atomic E-state index is 12.9. The number of sulfonamides is 1. The number of nitrogens with one attached hydrogen (secondary N) is 1. The van der Waals surface area contributed by atoms with Gasteiger partial charge in [0.15, 0.2) is 9.84 Å². The standard InChI is InChI=1S/C20H25N3O7S2/c1-13-6-9-17(23(25)26)12-19(13)22(32(5,29)30)15(3)20(24)21-14(2)16-7-10-18(11-8-16)31(4,27)28/h6-12,14-15H,1-5H3,(H,21,24)/t14-,15-/m1/s1. The third kappa shape index (κ3) is 5.82. The van der Waals surface area contributed by atoms with Crippen molar-refractivity contribution in [1.82, 2.24) is 5.32 Å². The lowest BCUT2D eigenvalue weighted by Gasteiger charge is -2.30. The van der Waals surface area contributed by atoms with Crippen LogP contribution in [0.15, 0.2) is 47.4 Å². The number of anilines is 1. The van der Waals surface area contributed by atoms with Gasteiger partial charge in [-0.3, -0.25) is 19.2 Å². The number of benzene rings is 2. The molecule has 0 saturated heterocycles. The maximum absolute atomic E-state index is 12.9. The molecule has 0 aromatic heterocycles. The van der Waals surface area contributed by atoms with Gasteiger partial charge in [-0.1, -0.05) is 18.2 Å². The summed E-state index contributed by atoms with van der Waals surface area (Å²) in [5.74, 6) is -0.624. The Morgan fingerprint density at radius 3 is 2.06 bits per heavy atom. The fourth-order valence-electron chi connectivity index (χ4n) is 3.15. The molecule has 10 nitrogen and oxygen atoms in total. The number of aryl methyl sites for hydroxylation is 1. The van der Waals surface area contributed by atoms with Crippen LogP contribution in [0.2, 0.25) is 0 Å². The first-order valence-electron chi connectivity index (χ1n) is 9.47. The van der Waals surface area contributed by atoms with Crippen molar-refractivity contribution in [2.75, 3.05) is 16.8 Å². The summed E-state index contributed by atoms with van der Waals surface area (Å²) >= 11 is 0. The lowest BCUT2D eigenvalue weighted by atomic mass is 10.1. The van der Waals surface area contributed by atoms with Crippen LogP contribution in [0.4, 0.5) is 11.4 Å². The summed E-state index contributed by atoms with van der Waals surface area (Å²) in [7, 11) is -7.33. The minimum atomic E-state index is -3.97. The van der Waals surface area contributed by atoms with Crippen molar-refractivity contribution in [3.63, 3.8) is 0 Å². The summed E-state index contributed by atoms with van der Waals surface area (Å²) in [5.41, 5.74) is 0.807. The molecule has 2 atom stereocenters. The van der Waals surface area contributed by atoms with E-state index >= 15 is 0 Å². The molecule has 2 aromatic carbocycles. The van der Waals surface area contributed by atoms with E-state index in [1.165, 1.54) is 31.2 Å². The molecule has 2 aromatic rings. The van der Waals surface area contributed by atoms with Gasteiger partial charge >= 0.3 is 0 Å². The number of nitrogens with zero attached hydrogens (tertiary/aromatic N) is 2. The van der Waals surface area contributed by atoms with Gasteiger partial charge in [0.05, 0.1) is 27.8 Å². The highest BCUT2D eigenvalue weighted by atomic mass is 32.2. The Kier molecular flexibility index (Phi) is 7.30. The molecule has 1 N–H and O–H groups in total. The van der Waals surface area contributed by atoms with E-state index in [1.807, 2.05) is 0 Å². The number of non-ortho nitro benzene ring substituents is 1. The molecule has 0 aliphatic carbocycles. The van der Waals surface area contributed by atoms with Crippen LogP contribution in [0.5, 0.6) is 0 Å². The van der Waals surface area contributed by atoms with Crippen molar-refractivity contribution in [2.24, 2.45) is 0 Å². The number of nitro groups is 1. The second-order valence-corrected chi connectivity index (χ2v) is 11.4. The van der Waals surface area contributed by atoms with E-state index < -0.39 is 42.8 Å². The predicted molar refractivity (Wildman–Crippen MR) is 121 cm³/mol. The fourth-order valence-corrected chi connectivity index (χ4v) is 5.01. The van der Waals surface area contributed by atoms with Gasteiger partial charge in [-0.25, -0.2) is 16.8 Å². The molecule has 0 saturated carbocycles. The zero-order valence-corrected chi connectivity index (χ0v) is 19.9. The summed E-state index contributed by atoms with van der Waals surface area (Å²) < 4.78 is 49.1. The number of carbonyl (C=O) groups is 1. The van der Waals surface area contributed by atoms with Crippen molar-refractivity contribution in [3.05, 3.63) is 63.7 Å². The van der Waals surface area contributed by atoms with Crippen LogP contribution in [0.3, 0.4) is 0 Å². The Labute approximate surface area is 187 Å². The molecular formula is C20H25N3O7S2. The van der Waals surface area contributed by atoms with Crippen molar-refractivity contribution in [3.8, 4) is 0 Å². The van der Waals surface area contributed by atoms with E-state index in [-0.39, 0.29) is 16.3 Å². The second-order valence-electron chi connectivity index (χ2n) is 7.53. The molecule has 0 aliphatic rings. The highest BCUT2D eigenvalue weighted by molar-refractivity contribution is 7.92. The van der Waals surface area contributed by atoms with E-state index in [9.17, 15) is 31.7 Å². The molecule has 1 amide bonds. The molecule has 32 heavy (non-hydrogen) atoms. The van der Waals surface area contributed by atoms with Crippen LogP contribution in [0.25, 0.3) is 0 Å². The topological polar surface area (TPSA) is 144 Å². The van der Waals surface area contributed by atoms with Gasteiger partial charge in [0.1, 0.15) is 6.04 Å². The van der Waals surface area contributed by atoms with E-state index in [2.05, 4.69) is 5.32 Å². The van der Waals surface area contributed by atoms with E-state index in [0.29, 0.717) is 11.1 Å². The van der Waals surface area contributed by atoms with Crippen LogP contribution in [-0.2, 0) is 24.7 Å². The maximum Gasteiger partial charge on any atom is 0.271 e. The van der Waals surface area contributed by atoms with Gasteiger partial charge in [-0.2, -0.15) is 0 Å². The molecule has 0 bridgehead atoms. The van der Waals surface area contributed by atoms with E-state index in [0.717, 1.165) is 22.9 Å². The highest BCUT2D eigenvalue weighted by Gasteiger charge is 2.32. The van der Waals surface area contributed by atoms with Crippen LogP contribution >= 0.6 is 0 Å². The summed E-state index contributed by atoms with van der Waals surface area (Å²) in [6, 6.07) is 8.01. The lowest BCUT2D eigenvalue weighted by Crippen LogP contribution is -2.48. The molecule has 0 fully saturated rings. The number of carbonyl (C=O) groups excluding carboxylic acids is 1. The molecule has 12 heteroatoms. The van der Waals surface area contributed by atoms with Gasteiger partial charge < -0.3 is 5.32 Å². The molecule has 0 spiro atoms. The summed E-state index contributed by atoms with van der Waals surface area (Å²) in [6.45, 7) is 4.64. The Bertz CT molecular complexity index is 1240. The van der Waals surface area contributed by atoms with Gasteiger partial charge in [0, 0.05) is 18.4 Å². The van der Waals surface area contributed by atoms with Gasteiger partial charge in [-0.05, 0) is 44.0 Å².